The van der Waals surface area contributed by atoms with E-state index in [0.717, 1.165) is 6.42 Å². The summed E-state index contributed by atoms with van der Waals surface area (Å²) in [5.41, 5.74) is 2.20. The van der Waals surface area contributed by atoms with Crippen LogP contribution in [0.2, 0.25) is 0 Å². The normalized spacial score (nSPS) is 11.0. The van der Waals surface area contributed by atoms with E-state index in [1.165, 1.54) is 43.0 Å². The molecule has 0 amide bonds. The van der Waals surface area contributed by atoms with Crippen LogP contribution in [-0.4, -0.2) is 5.43 Å². The third kappa shape index (κ3) is 8.22. The van der Waals surface area contributed by atoms with Crippen LogP contribution in [0, 0.1) is 19.9 Å². The molecule has 0 fully saturated rings. The molecule has 0 spiro atoms. The minimum Gasteiger partial charge on any atom is -1.00 e. The standard InChI is InChI=1S/C14H14Si.C13H9.C5H5.2ClH.Zr/c1-11-3-7-13(8-4-11)15-14-9-5-12(2)6-10-14;1-3-7-12-10(5-1)9-11-6-2-4-8-13(11)12;1-2-4-5-3-1;;;/h3-10H,1-2H3;1-9H;1-3H,4H2;2*1H;/q;2*-1;;;+2/p-2. The van der Waals surface area contributed by atoms with E-state index in [1.807, 2.05) is 12.2 Å². The van der Waals surface area contributed by atoms with Crippen LogP contribution in [0.25, 0.3) is 21.5 Å². The first-order valence-corrected chi connectivity index (χ1v) is 16.8. The fourth-order valence-electron chi connectivity index (χ4n) is 3.85. The van der Waals surface area contributed by atoms with Crippen LogP contribution < -0.4 is 35.2 Å². The first kappa shape index (κ1) is 30.1. The van der Waals surface area contributed by atoms with E-state index in [4.69, 9.17) is 0 Å². The molecule has 1 aliphatic carbocycles. The maximum atomic E-state index is 2.99. The summed E-state index contributed by atoms with van der Waals surface area (Å²) in [5, 5.41) is 8.44. The molecule has 0 saturated heterocycles. The van der Waals surface area contributed by atoms with Gasteiger partial charge >= 0.3 is 113 Å². The SMILES string of the molecule is Cc1ccc([Si](=[Zr+2])c2ccc(C)cc2)cc1.[C-]1=CC=CC1.[Cl-].[Cl-].c1ccc2c(c1)[cH-]c1ccccc12. The van der Waals surface area contributed by atoms with Crippen LogP contribution in [0.3, 0.4) is 0 Å². The molecule has 0 bridgehead atoms. The van der Waals surface area contributed by atoms with Crippen molar-refractivity contribution in [1.82, 2.24) is 0 Å². The van der Waals surface area contributed by atoms with E-state index in [9.17, 15) is 0 Å². The fraction of sp³-hybridized carbons (Fsp3) is 0.0938. The molecule has 0 aliphatic heterocycles. The summed E-state index contributed by atoms with van der Waals surface area (Å²) in [6.07, 6.45) is 10.0. The Morgan fingerprint density at radius 3 is 1.47 bits per heavy atom. The van der Waals surface area contributed by atoms with Crippen LogP contribution in [0.4, 0.5) is 0 Å². The summed E-state index contributed by atoms with van der Waals surface area (Å²) in [7, 11) is 0. The van der Waals surface area contributed by atoms with Gasteiger partial charge in [0.05, 0.1) is 0 Å². The summed E-state index contributed by atoms with van der Waals surface area (Å²) in [4.78, 5) is 0. The number of hydrogen-bond acceptors (Lipinski definition) is 0. The molecule has 0 nitrogen and oxygen atoms in total. The molecule has 5 aromatic carbocycles. The summed E-state index contributed by atoms with van der Waals surface area (Å²) in [6, 6.07) is 37.3. The maximum absolute atomic E-state index is 2.99. The van der Waals surface area contributed by atoms with Crippen LogP contribution in [0.5, 0.6) is 0 Å². The van der Waals surface area contributed by atoms with Gasteiger partial charge in [0.1, 0.15) is 0 Å². The minimum atomic E-state index is -0.488. The molecule has 0 radical (unpaired) electrons. The Kier molecular flexibility index (Phi) is 12.7. The Labute approximate surface area is 242 Å². The number of allylic oxidation sites excluding steroid dienone is 4. The molecular formula is C32H28Cl2SiZr-2. The zero-order chi connectivity index (χ0) is 23.8. The largest absolute Gasteiger partial charge is 1.00 e. The molecule has 6 rings (SSSR count). The smallest absolute Gasteiger partial charge is 0.0771 e. The number of hydrogen-bond donors (Lipinski definition) is 0. The van der Waals surface area contributed by atoms with Gasteiger partial charge in [0.15, 0.2) is 0 Å². The first-order chi connectivity index (χ1) is 16.6. The summed E-state index contributed by atoms with van der Waals surface area (Å²) in [6.45, 7) is 4.29. The summed E-state index contributed by atoms with van der Waals surface area (Å²) < 4.78 is 0. The molecule has 0 unspecified atom stereocenters. The van der Waals surface area contributed by atoms with E-state index < -0.39 is 5.43 Å². The van der Waals surface area contributed by atoms with Crippen molar-refractivity contribution in [2.75, 3.05) is 0 Å². The topological polar surface area (TPSA) is 0 Å². The van der Waals surface area contributed by atoms with E-state index >= 15 is 0 Å². The average molecular weight is 603 g/mol. The predicted molar refractivity (Wildman–Crippen MR) is 146 cm³/mol. The minimum absolute atomic E-state index is 0. The van der Waals surface area contributed by atoms with Crippen LogP contribution in [-0.2, 0) is 23.3 Å². The average Bonchev–Trinajstić information content (AvgIpc) is 3.57. The Balaban J connectivity index is 0.000000205. The third-order valence-electron chi connectivity index (χ3n) is 5.79. The number of aryl methyl sites for hydroxylation is 2. The molecule has 180 valence electrons. The maximum Gasteiger partial charge on any atom is -0.0771 e. The Hall–Kier alpha value is -2.09. The van der Waals surface area contributed by atoms with Crippen LogP contribution >= 0.6 is 0 Å². The van der Waals surface area contributed by atoms with Crippen LogP contribution in [0.1, 0.15) is 17.5 Å². The monoisotopic (exact) mass is 600 g/mol. The summed E-state index contributed by atoms with van der Waals surface area (Å²) >= 11 is 1.65. The molecule has 0 aromatic heterocycles. The van der Waals surface area contributed by atoms with Gasteiger partial charge in [-0.05, 0) is 0 Å². The number of benzene rings is 4. The van der Waals surface area contributed by atoms with Gasteiger partial charge in [-0.1, -0.05) is 36.4 Å². The second-order valence-electron chi connectivity index (χ2n) is 8.43. The fourth-order valence-corrected chi connectivity index (χ4v) is 7.64. The predicted octanol–water partition coefficient (Wildman–Crippen LogP) is 0.982. The molecule has 0 N–H and O–H groups in total. The van der Waals surface area contributed by atoms with E-state index in [-0.39, 0.29) is 24.8 Å². The zero-order valence-electron chi connectivity index (χ0n) is 20.5. The van der Waals surface area contributed by atoms with E-state index in [1.54, 1.807) is 23.3 Å². The van der Waals surface area contributed by atoms with Crippen molar-refractivity contribution in [2.24, 2.45) is 0 Å². The van der Waals surface area contributed by atoms with Crippen molar-refractivity contribution in [2.45, 2.75) is 20.3 Å². The quantitative estimate of drug-likeness (QED) is 0.209. The molecule has 4 heteroatoms. The third-order valence-corrected chi connectivity index (χ3v) is 11.9. The molecule has 36 heavy (non-hydrogen) atoms. The summed E-state index contributed by atoms with van der Waals surface area (Å²) in [5.74, 6) is 0. The van der Waals surface area contributed by atoms with Gasteiger partial charge in [0, 0.05) is 0 Å². The van der Waals surface area contributed by atoms with Crippen molar-refractivity contribution >= 4 is 37.4 Å². The van der Waals surface area contributed by atoms with Crippen molar-refractivity contribution in [3.63, 3.8) is 0 Å². The second-order valence-corrected chi connectivity index (χ2v) is 14.0. The second kappa shape index (κ2) is 15.2. The number of fused-ring (bicyclic) bond motifs is 3. The zero-order valence-corrected chi connectivity index (χ0v) is 25.5. The van der Waals surface area contributed by atoms with Gasteiger partial charge < -0.3 is 24.8 Å². The van der Waals surface area contributed by atoms with Gasteiger partial charge in [0.25, 0.3) is 0 Å². The first-order valence-electron chi connectivity index (χ1n) is 11.6. The number of halogens is 2. The van der Waals surface area contributed by atoms with Crippen molar-refractivity contribution < 1.29 is 48.1 Å². The molecular weight excluding hydrogens is 575 g/mol. The van der Waals surface area contributed by atoms with Gasteiger partial charge in [0.2, 0.25) is 0 Å². The molecule has 0 atom stereocenters. The number of rotatable bonds is 2. The van der Waals surface area contributed by atoms with Gasteiger partial charge in [-0.25, -0.2) is 12.2 Å². The Morgan fingerprint density at radius 2 is 1.11 bits per heavy atom. The molecule has 0 saturated carbocycles. The Morgan fingerprint density at radius 1 is 0.667 bits per heavy atom. The van der Waals surface area contributed by atoms with Crippen molar-refractivity contribution in [3.8, 4) is 0 Å². The molecule has 5 aromatic rings. The van der Waals surface area contributed by atoms with Gasteiger partial charge in [-0.3, -0.25) is 6.08 Å². The van der Waals surface area contributed by atoms with Crippen molar-refractivity contribution in [3.05, 3.63) is 139 Å². The molecule has 1 aliphatic rings. The Bertz CT molecular complexity index is 1340. The van der Waals surface area contributed by atoms with Gasteiger partial charge in [-0.2, -0.15) is 6.08 Å². The van der Waals surface area contributed by atoms with Crippen molar-refractivity contribution in [1.29, 1.82) is 0 Å². The van der Waals surface area contributed by atoms with E-state index in [0.29, 0.717) is 0 Å². The van der Waals surface area contributed by atoms with Crippen LogP contribution in [0.15, 0.2) is 121 Å². The molecule has 0 heterocycles. The van der Waals surface area contributed by atoms with E-state index in [2.05, 4.69) is 129 Å². The van der Waals surface area contributed by atoms with Gasteiger partial charge in [-0.15, -0.1) is 46.2 Å².